The molecule has 2 aliphatic rings. The second-order valence-corrected chi connectivity index (χ2v) is 5.65. The predicted molar refractivity (Wildman–Crippen MR) is 73.6 cm³/mol. The number of hydrogen-bond donors (Lipinski definition) is 1. The molecule has 1 aromatic carbocycles. The zero-order valence-corrected chi connectivity index (χ0v) is 11.0. The van der Waals surface area contributed by atoms with Crippen LogP contribution in [0.25, 0.3) is 0 Å². The second kappa shape index (κ2) is 5.41. The van der Waals surface area contributed by atoms with E-state index in [-0.39, 0.29) is 0 Å². The van der Waals surface area contributed by atoms with Crippen LogP contribution in [0.5, 0.6) is 0 Å². The van der Waals surface area contributed by atoms with Gasteiger partial charge in [-0.15, -0.1) is 0 Å². The van der Waals surface area contributed by atoms with Gasteiger partial charge in [0, 0.05) is 18.7 Å². The van der Waals surface area contributed by atoms with Gasteiger partial charge in [0.25, 0.3) is 0 Å². The molecule has 0 spiro atoms. The Morgan fingerprint density at radius 3 is 2.72 bits per heavy atom. The molecule has 98 valence electrons. The molecule has 1 N–H and O–H groups in total. The highest BCUT2D eigenvalue weighted by molar-refractivity contribution is 5.34. The van der Waals surface area contributed by atoms with Crippen LogP contribution in [0.4, 0.5) is 0 Å². The lowest BCUT2D eigenvalue weighted by Crippen LogP contribution is -2.31. The molecule has 0 bridgehead atoms. The largest absolute Gasteiger partial charge is 0.396 e. The highest BCUT2D eigenvalue weighted by Crippen LogP contribution is 2.41. The molecule has 18 heavy (non-hydrogen) atoms. The fraction of sp³-hybridized carbons (Fsp3) is 0.625. The summed E-state index contributed by atoms with van der Waals surface area (Å²) in [6.45, 7) is 1.49. The van der Waals surface area contributed by atoms with Gasteiger partial charge in [0.15, 0.2) is 0 Å². The lowest BCUT2D eigenvalue weighted by atomic mass is 10.1. The third-order valence-electron chi connectivity index (χ3n) is 4.34. The molecule has 1 atom stereocenters. The Balaban J connectivity index is 1.71. The maximum Gasteiger partial charge on any atom is 0.0431 e. The van der Waals surface area contributed by atoms with Crippen molar-refractivity contribution >= 4 is 0 Å². The molecule has 2 heteroatoms. The molecule has 2 aliphatic carbocycles. The Labute approximate surface area is 110 Å². The number of aliphatic hydroxyl groups excluding tert-OH is 1. The van der Waals surface area contributed by atoms with Crippen molar-refractivity contribution in [2.24, 2.45) is 0 Å². The Morgan fingerprint density at radius 1 is 1.11 bits per heavy atom. The van der Waals surface area contributed by atoms with Crippen molar-refractivity contribution in [2.75, 3.05) is 13.2 Å². The van der Waals surface area contributed by atoms with E-state index in [1.54, 1.807) is 11.1 Å². The Kier molecular flexibility index (Phi) is 3.67. The molecule has 2 nitrogen and oxygen atoms in total. The molecule has 1 saturated carbocycles. The van der Waals surface area contributed by atoms with Crippen LogP contribution >= 0.6 is 0 Å². The van der Waals surface area contributed by atoms with Crippen LogP contribution in [0.15, 0.2) is 24.3 Å². The number of benzene rings is 1. The summed E-state index contributed by atoms with van der Waals surface area (Å²) in [6.07, 6.45) is 7.35. The normalized spacial score (nSPS) is 22.4. The molecule has 1 aromatic rings. The number of rotatable bonds is 6. The fourth-order valence-corrected chi connectivity index (χ4v) is 3.28. The summed E-state index contributed by atoms with van der Waals surface area (Å²) >= 11 is 0. The van der Waals surface area contributed by atoms with E-state index in [9.17, 15) is 0 Å². The number of unbranched alkanes of at least 4 members (excludes halogenated alkanes) is 1. The third kappa shape index (κ3) is 2.45. The van der Waals surface area contributed by atoms with E-state index < -0.39 is 0 Å². The summed E-state index contributed by atoms with van der Waals surface area (Å²) in [4.78, 5) is 2.71. The maximum absolute atomic E-state index is 8.94. The van der Waals surface area contributed by atoms with E-state index in [1.165, 1.54) is 25.7 Å². The van der Waals surface area contributed by atoms with Gasteiger partial charge in [-0.05, 0) is 56.2 Å². The van der Waals surface area contributed by atoms with Crippen molar-refractivity contribution in [1.29, 1.82) is 0 Å². The van der Waals surface area contributed by atoms with Crippen molar-refractivity contribution in [3.63, 3.8) is 0 Å². The maximum atomic E-state index is 8.94. The average Bonchev–Trinajstić information content (AvgIpc) is 3.15. The highest BCUT2D eigenvalue weighted by atomic mass is 16.2. The van der Waals surface area contributed by atoms with E-state index in [2.05, 4.69) is 29.2 Å². The first kappa shape index (κ1) is 12.2. The van der Waals surface area contributed by atoms with Crippen LogP contribution in [-0.4, -0.2) is 29.2 Å². The molecule has 3 rings (SSSR count). The topological polar surface area (TPSA) is 23.5 Å². The summed E-state index contributed by atoms with van der Waals surface area (Å²) in [7, 11) is 0. The predicted octanol–water partition coefficient (Wildman–Crippen LogP) is 2.91. The summed E-state index contributed by atoms with van der Waals surface area (Å²) in [5, 5.41) is 8.94. The number of aliphatic hydroxyl groups is 1. The molecule has 0 heterocycles. The molecule has 0 aromatic heterocycles. The van der Waals surface area contributed by atoms with Crippen molar-refractivity contribution in [3.05, 3.63) is 35.4 Å². The van der Waals surface area contributed by atoms with Crippen LogP contribution in [-0.2, 0) is 6.42 Å². The number of nitrogens with zero attached hydrogens (tertiary/aromatic N) is 1. The van der Waals surface area contributed by atoms with Crippen LogP contribution < -0.4 is 0 Å². The molecule has 0 amide bonds. The standard InChI is InChI=1S/C16H23NO/c18-12-4-3-11-17(14-8-9-14)16-10-7-13-5-1-2-6-15(13)16/h1-2,5-6,14,16,18H,3-4,7-12H2. The Morgan fingerprint density at radius 2 is 1.94 bits per heavy atom. The summed E-state index contributed by atoms with van der Waals surface area (Å²) in [6, 6.07) is 10.4. The van der Waals surface area contributed by atoms with Gasteiger partial charge < -0.3 is 5.11 Å². The van der Waals surface area contributed by atoms with Gasteiger partial charge in [0.05, 0.1) is 0 Å². The quantitative estimate of drug-likeness (QED) is 0.779. The van der Waals surface area contributed by atoms with Gasteiger partial charge in [-0.25, -0.2) is 0 Å². The van der Waals surface area contributed by atoms with Crippen molar-refractivity contribution in [1.82, 2.24) is 4.90 Å². The van der Waals surface area contributed by atoms with E-state index >= 15 is 0 Å². The third-order valence-corrected chi connectivity index (χ3v) is 4.34. The second-order valence-electron chi connectivity index (χ2n) is 5.65. The SMILES string of the molecule is OCCCCN(C1CC1)C1CCc2ccccc21. The molecular formula is C16H23NO. The lowest BCUT2D eigenvalue weighted by Gasteiger charge is -2.29. The highest BCUT2D eigenvalue weighted by Gasteiger charge is 2.36. The first-order valence-electron chi connectivity index (χ1n) is 7.34. The Hall–Kier alpha value is -0.860. The number of aryl methyl sites for hydroxylation is 1. The zero-order chi connectivity index (χ0) is 12.4. The van der Waals surface area contributed by atoms with Crippen LogP contribution in [0.1, 0.15) is 49.3 Å². The monoisotopic (exact) mass is 245 g/mol. The molecule has 1 fully saturated rings. The minimum Gasteiger partial charge on any atom is -0.396 e. The molecular weight excluding hydrogens is 222 g/mol. The summed E-state index contributed by atoms with van der Waals surface area (Å²) in [5.74, 6) is 0. The van der Waals surface area contributed by atoms with E-state index in [1.807, 2.05) is 0 Å². The lowest BCUT2D eigenvalue weighted by molar-refractivity contribution is 0.175. The smallest absolute Gasteiger partial charge is 0.0431 e. The van der Waals surface area contributed by atoms with Crippen molar-refractivity contribution < 1.29 is 5.11 Å². The van der Waals surface area contributed by atoms with Crippen LogP contribution in [0.2, 0.25) is 0 Å². The van der Waals surface area contributed by atoms with Crippen LogP contribution in [0.3, 0.4) is 0 Å². The van der Waals surface area contributed by atoms with Gasteiger partial charge in [-0.2, -0.15) is 0 Å². The van der Waals surface area contributed by atoms with Gasteiger partial charge in [-0.3, -0.25) is 4.90 Å². The minimum absolute atomic E-state index is 0.333. The van der Waals surface area contributed by atoms with Gasteiger partial charge >= 0.3 is 0 Å². The number of fused-ring (bicyclic) bond motifs is 1. The molecule has 1 unspecified atom stereocenters. The van der Waals surface area contributed by atoms with Gasteiger partial charge in [0.1, 0.15) is 0 Å². The van der Waals surface area contributed by atoms with E-state index in [4.69, 9.17) is 5.11 Å². The molecule has 0 aliphatic heterocycles. The van der Waals surface area contributed by atoms with Gasteiger partial charge in [0.2, 0.25) is 0 Å². The first-order valence-corrected chi connectivity index (χ1v) is 7.34. The van der Waals surface area contributed by atoms with Gasteiger partial charge in [-0.1, -0.05) is 24.3 Å². The number of hydrogen-bond acceptors (Lipinski definition) is 2. The minimum atomic E-state index is 0.333. The molecule has 0 radical (unpaired) electrons. The summed E-state index contributed by atoms with van der Waals surface area (Å²) < 4.78 is 0. The van der Waals surface area contributed by atoms with Crippen molar-refractivity contribution in [3.8, 4) is 0 Å². The Bertz CT molecular complexity index is 400. The summed E-state index contributed by atoms with van der Waals surface area (Å²) in [5.41, 5.74) is 3.11. The average molecular weight is 245 g/mol. The fourth-order valence-electron chi connectivity index (χ4n) is 3.28. The van der Waals surface area contributed by atoms with E-state index in [0.29, 0.717) is 12.6 Å². The molecule has 0 saturated heterocycles. The van der Waals surface area contributed by atoms with E-state index in [0.717, 1.165) is 25.4 Å². The first-order chi connectivity index (χ1) is 8.90. The zero-order valence-electron chi connectivity index (χ0n) is 11.0. The van der Waals surface area contributed by atoms with Crippen molar-refractivity contribution in [2.45, 2.75) is 50.6 Å². The van der Waals surface area contributed by atoms with Crippen LogP contribution in [0, 0.1) is 0 Å².